The lowest BCUT2D eigenvalue weighted by atomic mass is 9.89. The van der Waals surface area contributed by atoms with Crippen molar-refractivity contribution in [3.05, 3.63) is 11.6 Å². The van der Waals surface area contributed by atoms with Crippen molar-refractivity contribution in [1.82, 2.24) is 9.88 Å². The van der Waals surface area contributed by atoms with Gasteiger partial charge in [0, 0.05) is 44.3 Å². The third-order valence-corrected chi connectivity index (χ3v) is 5.56. The lowest BCUT2D eigenvalue weighted by molar-refractivity contribution is 0.341. The van der Waals surface area contributed by atoms with E-state index in [4.69, 9.17) is 5.73 Å². The highest BCUT2D eigenvalue weighted by atomic mass is 32.1. The van der Waals surface area contributed by atoms with Crippen molar-refractivity contribution in [1.29, 1.82) is 0 Å². The van der Waals surface area contributed by atoms with E-state index in [-0.39, 0.29) is 0 Å². The molecule has 116 valence electrons. The molecule has 3 rings (SSSR count). The van der Waals surface area contributed by atoms with E-state index in [2.05, 4.69) is 26.7 Å². The van der Waals surface area contributed by atoms with E-state index in [1.165, 1.54) is 25.7 Å². The number of piperazine rings is 1. The second-order valence-electron chi connectivity index (χ2n) is 6.48. The second-order valence-corrected chi connectivity index (χ2v) is 7.35. The monoisotopic (exact) mass is 307 g/mol. The van der Waals surface area contributed by atoms with Crippen molar-refractivity contribution in [2.24, 2.45) is 16.1 Å². The Labute approximate surface area is 130 Å². The molecule has 0 aromatic carbocycles. The number of hydrogen-bond donors (Lipinski definition) is 1. The van der Waals surface area contributed by atoms with Gasteiger partial charge in [-0.3, -0.25) is 4.99 Å². The first-order chi connectivity index (χ1) is 10.2. The van der Waals surface area contributed by atoms with Gasteiger partial charge in [-0.2, -0.15) is 0 Å². The van der Waals surface area contributed by atoms with Crippen LogP contribution in [0.3, 0.4) is 0 Å². The number of aromatic nitrogens is 1. The number of thiazole rings is 1. The fourth-order valence-corrected chi connectivity index (χ4v) is 3.95. The molecule has 2 N–H and O–H groups in total. The van der Waals surface area contributed by atoms with Crippen molar-refractivity contribution in [2.45, 2.75) is 32.6 Å². The van der Waals surface area contributed by atoms with Gasteiger partial charge in [-0.25, -0.2) is 4.98 Å². The largest absolute Gasteiger partial charge is 0.370 e. The van der Waals surface area contributed by atoms with Crippen LogP contribution in [0.5, 0.6) is 0 Å². The van der Waals surface area contributed by atoms with E-state index in [0.717, 1.165) is 43.8 Å². The Hall–Kier alpha value is -1.30. The molecule has 0 bridgehead atoms. The Balaban J connectivity index is 1.51. The van der Waals surface area contributed by atoms with Gasteiger partial charge in [0.2, 0.25) is 0 Å². The van der Waals surface area contributed by atoms with Gasteiger partial charge >= 0.3 is 0 Å². The molecule has 0 radical (unpaired) electrons. The molecule has 1 aromatic heterocycles. The molecule has 0 amide bonds. The van der Waals surface area contributed by atoms with Crippen molar-refractivity contribution in [3.8, 4) is 0 Å². The maximum absolute atomic E-state index is 6.19. The third-order valence-electron chi connectivity index (χ3n) is 4.73. The Kier molecular flexibility index (Phi) is 4.33. The van der Waals surface area contributed by atoms with Crippen LogP contribution in [0.1, 0.15) is 32.6 Å². The molecule has 1 saturated carbocycles. The quantitative estimate of drug-likeness (QED) is 0.687. The zero-order valence-corrected chi connectivity index (χ0v) is 13.6. The second kappa shape index (κ2) is 6.22. The summed E-state index contributed by atoms with van der Waals surface area (Å²) in [6.07, 6.45) is 7.14. The van der Waals surface area contributed by atoms with Crippen molar-refractivity contribution < 1.29 is 0 Å². The summed E-state index contributed by atoms with van der Waals surface area (Å²) in [7, 11) is 0. The van der Waals surface area contributed by atoms with E-state index < -0.39 is 0 Å². The molecule has 2 aliphatic rings. The lowest BCUT2D eigenvalue weighted by Crippen LogP contribution is -2.51. The minimum Gasteiger partial charge on any atom is -0.370 e. The summed E-state index contributed by atoms with van der Waals surface area (Å²) in [5, 5.41) is 3.14. The van der Waals surface area contributed by atoms with Crippen molar-refractivity contribution in [3.63, 3.8) is 0 Å². The van der Waals surface area contributed by atoms with Crippen LogP contribution in [0.2, 0.25) is 0 Å². The van der Waals surface area contributed by atoms with Gasteiger partial charge in [-0.1, -0.05) is 19.8 Å². The van der Waals surface area contributed by atoms with E-state index in [9.17, 15) is 0 Å². The van der Waals surface area contributed by atoms with Crippen LogP contribution in [-0.2, 0) is 0 Å². The first kappa shape index (κ1) is 14.6. The number of nitrogens with zero attached hydrogens (tertiary/aromatic N) is 4. The van der Waals surface area contributed by atoms with E-state index in [1.807, 2.05) is 11.6 Å². The van der Waals surface area contributed by atoms with Crippen molar-refractivity contribution in [2.75, 3.05) is 37.6 Å². The third kappa shape index (κ3) is 3.48. The van der Waals surface area contributed by atoms with Crippen LogP contribution in [0.25, 0.3) is 0 Å². The Bertz CT molecular complexity index is 470. The smallest absolute Gasteiger partial charge is 0.191 e. The fourth-order valence-electron chi connectivity index (χ4n) is 3.26. The van der Waals surface area contributed by atoms with Gasteiger partial charge in [0.25, 0.3) is 0 Å². The Morgan fingerprint density at radius 1 is 1.33 bits per heavy atom. The first-order valence-electron chi connectivity index (χ1n) is 7.86. The van der Waals surface area contributed by atoms with Crippen LogP contribution in [0.15, 0.2) is 16.6 Å². The molecule has 0 atom stereocenters. The SMILES string of the molecule is CC1(CN=C(N)N2CCN(c3nccs3)CC2)CCCC1. The van der Waals surface area contributed by atoms with Gasteiger partial charge in [-0.05, 0) is 18.3 Å². The highest BCUT2D eigenvalue weighted by Crippen LogP contribution is 2.37. The number of anilines is 1. The molecule has 1 aliphatic carbocycles. The molecule has 0 spiro atoms. The van der Waals surface area contributed by atoms with E-state index in [1.54, 1.807) is 11.3 Å². The summed E-state index contributed by atoms with van der Waals surface area (Å²) in [6, 6.07) is 0. The number of guanidine groups is 1. The predicted molar refractivity (Wildman–Crippen MR) is 89.0 cm³/mol. The topological polar surface area (TPSA) is 57.8 Å². The minimum atomic E-state index is 0.382. The van der Waals surface area contributed by atoms with Crippen molar-refractivity contribution >= 4 is 22.4 Å². The molecule has 2 fully saturated rings. The normalized spacial score (nSPS) is 22.8. The molecule has 1 aliphatic heterocycles. The van der Waals surface area contributed by atoms with Crippen LogP contribution in [-0.4, -0.2) is 48.6 Å². The molecule has 21 heavy (non-hydrogen) atoms. The fraction of sp³-hybridized carbons (Fsp3) is 0.733. The van der Waals surface area contributed by atoms with Gasteiger partial charge < -0.3 is 15.5 Å². The average molecular weight is 307 g/mol. The van der Waals surface area contributed by atoms with Crippen LogP contribution < -0.4 is 10.6 Å². The summed E-state index contributed by atoms with van der Waals surface area (Å²) in [5.74, 6) is 0.724. The zero-order valence-electron chi connectivity index (χ0n) is 12.8. The number of aliphatic imine (C=N–C) groups is 1. The highest BCUT2D eigenvalue weighted by molar-refractivity contribution is 7.13. The lowest BCUT2D eigenvalue weighted by Gasteiger charge is -2.35. The summed E-state index contributed by atoms with van der Waals surface area (Å²) in [5.41, 5.74) is 6.58. The summed E-state index contributed by atoms with van der Waals surface area (Å²) >= 11 is 1.70. The number of rotatable bonds is 3. The van der Waals surface area contributed by atoms with Crippen LogP contribution in [0.4, 0.5) is 5.13 Å². The van der Waals surface area contributed by atoms with E-state index in [0.29, 0.717) is 5.41 Å². The molecule has 1 saturated heterocycles. The van der Waals surface area contributed by atoms with Crippen LogP contribution >= 0.6 is 11.3 Å². The molecular formula is C15H25N5S. The number of hydrogen-bond acceptors (Lipinski definition) is 4. The minimum absolute atomic E-state index is 0.382. The van der Waals surface area contributed by atoms with Gasteiger partial charge in [0.1, 0.15) is 0 Å². The van der Waals surface area contributed by atoms with Gasteiger partial charge in [0.15, 0.2) is 11.1 Å². The standard InChI is InChI=1S/C15H25N5S/c1-15(4-2-3-5-15)12-18-13(16)19-7-9-20(10-8-19)14-17-6-11-21-14/h6,11H,2-5,7-10,12H2,1H3,(H2,16,18). The maximum Gasteiger partial charge on any atom is 0.191 e. The van der Waals surface area contributed by atoms with Gasteiger partial charge in [-0.15, -0.1) is 11.3 Å². The molecule has 1 aromatic rings. The van der Waals surface area contributed by atoms with Gasteiger partial charge in [0.05, 0.1) is 0 Å². The summed E-state index contributed by atoms with van der Waals surface area (Å²) < 4.78 is 0. The zero-order chi connectivity index (χ0) is 14.7. The molecule has 5 nitrogen and oxygen atoms in total. The Morgan fingerprint density at radius 2 is 2.05 bits per heavy atom. The number of nitrogens with two attached hydrogens (primary N) is 1. The van der Waals surface area contributed by atoms with E-state index >= 15 is 0 Å². The van der Waals surface area contributed by atoms with Crippen LogP contribution in [0, 0.1) is 5.41 Å². The molecular weight excluding hydrogens is 282 g/mol. The average Bonchev–Trinajstić information content (AvgIpc) is 3.17. The highest BCUT2D eigenvalue weighted by Gasteiger charge is 2.28. The summed E-state index contributed by atoms with van der Waals surface area (Å²) in [6.45, 7) is 7.04. The summed E-state index contributed by atoms with van der Waals surface area (Å²) in [4.78, 5) is 13.6. The first-order valence-corrected chi connectivity index (χ1v) is 8.74. The molecule has 6 heteroatoms. The maximum atomic E-state index is 6.19. The molecule has 0 unspecified atom stereocenters. The molecule has 2 heterocycles. The Morgan fingerprint density at radius 3 is 2.67 bits per heavy atom. The predicted octanol–water partition coefficient (Wildman–Crippen LogP) is 2.16.